The van der Waals surface area contributed by atoms with Crippen LogP contribution in [0.4, 0.5) is 0 Å². The second kappa shape index (κ2) is 8.25. The van der Waals surface area contributed by atoms with Gasteiger partial charge < -0.3 is 15.2 Å². The van der Waals surface area contributed by atoms with Gasteiger partial charge in [0.2, 0.25) is 5.91 Å². The standard InChI is InChI=1S/C15H27NO4/c1-3-6-12(13(17)18)11-16-14(19)15(9-10-20-2)7-4-5-8-15/h12H,3-11H2,1-2H3,(H,16,19)(H,17,18). The summed E-state index contributed by atoms with van der Waals surface area (Å²) in [6.45, 7) is 2.76. The number of hydrogen-bond donors (Lipinski definition) is 2. The number of methoxy groups -OCH3 is 1. The molecule has 1 aliphatic carbocycles. The summed E-state index contributed by atoms with van der Waals surface area (Å²) >= 11 is 0. The first-order chi connectivity index (χ1) is 9.55. The first kappa shape index (κ1) is 17.0. The topological polar surface area (TPSA) is 75.6 Å². The molecule has 1 rings (SSSR count). The fourth-order valence-corrected chi connectivity index (χ4v) is 3.00. The molecule has 20 heavy (non-hydrogen) atoms. The minimum absolute atomic E-state index is 0.00871. The number of rotatable bonds is 9. The number of carboxylic acid groups (broad SMARTS) is 1. The van der Waals surface area contributed by atoms with Crippen LogP contribution in [-0.4, -0.2) is 37.2 Å². The van der Waals surface area contributed by atoms with Gasteiger partial charge in [0.25, 0.3) is 0 Å². The van der Waals surface area contributed by atoms with Crippen molar-refractivity contribution in [1.82, 2.24) is 5.32 Å². The Bertz CT molecular complexity index is 324. The van der Waals surface area contributed by atoms with Gasteiger partial charge in [0.05, 0.1) is 11.3 Å². The summed E-state index contributed by atoms with van der Waals surface area (Å²) in [5.41, 5.74) is -0.342. The van der Waals surface area contributed by atoms with Gasteiger partial charge in [-0.25, -0.2) is 0 Å². The predicted octanol–water partition coefficient (Wildman–Crippen LogP) is 2.20. The van der Waals surface area contributed by atoms with Gasteiger partial charge in [0.15, 0.2) is 0 Å². The molecular formula is C15H27NO4. The van der Waals surface area contributed by atoms with Crippen molar-refractivity contribution in [3.63, 3.8) is 0 Å². The van der Waals surface area contributed by atoms with Crippen LogP contribution in [0.5, 0.6) is 0 Å². The van der Waals surface area contributed by atoms with Gasteiger partial charge >= 0.3 is 5.97 Å². The van der Waals surface area contributed by atoms with E-state index in [0.717, 1.165) is 38.5 Å². The summed E-state index contributed by atoms with van der Waals surface area (Å²) in [5.74, 6) is -1.30. The number of carbonyl (C=O) groups excluding carboxylic acids is 1. The van der Waals surface area contributed by atoms with Gasteiger partial charge in [-0.2, -0.15) is 0 Å². The zero-order valence-electron chi connectivity index (χ0n) is 12.6. The van der Waals surface area contributed by atoms with Crippen LogP contribution in [0.2, 0.25) is 0 Å². The number of amides is 1. The summed E-state index contributed by atoms with van der Waals surface area (Å²) in [6.07, 6.45) is 6.02. The lowest BCUT2D eigenvalue weighted by atomic mass is 9.82. The number of hydrogen-bond acceptors (Lipinski definition) is 3. The Morgan fingerprint density at radius 3 is 2.50 bits per heavy atom. The van der Waals surface area contributed by atoms with Crippen LogP contribution >= 0.6 is 0 Å². The molecule has 5 nitrogen and oxygen atoms in total. The molecule has 0 aromatic rings. The molecule has 1 amide bonds. The molecular weight excluding hydrogens is 258 g/mol. The van der Waals surface area contributed by atoms with Crippen molar-refractivity contribution in [3.8, 4) is 0 Å². The minimum Gasteiger partial charge on any atom is -0.481 e. The van der Waals surface area contributed by atoms with Gasteiger partial charge in [0.1, 0.15) is 0 Å². The smallest absolute Gasteiger partial charge is 0.308 e. The van der Waals surface area contributed by atoms with E-state index in [0.29, 0.717) is 13.0 Å². The second-order valence-electron chi connectivity index (χ2n) is 5.76. The van der Waals surface area contributed by atoms with Crippen molar-refractivity contribution in [2.75, 3.05) is 20.3 Å². The molecule has 1 aliphatic rings. The zero-order chi connectivity index (χ0) is 15.0. The Morgan fingerprint density at radius 1 is 1.35 bits per heavy atom. The molecule has 0 radical (unpaired) electrons. The molecule has 0 saturated heterocycles. The fourth-order valence-electron chi connectivity index (χ4n) is 3.00. The van der Waals surface area contributed by atoms with E-state index in [1.165, 1.54) is 0 Å². The molecule has 116 valence electrons. The van der Waals surface area contributed by atoms with Crippen LogP contribution in [0.15, 0.2) is 0 Å². The van der Waals surface area contributed by atoms with Crippen molar-refractivity contribution in [3.05, 3.63) is 0 Å². The summed E-state index contributed by atoms with van der Waals surface area (Å²) in [5, 5.41) is 12.0. The number of carboxylic acids is 1. The number of carbonyl (C=O) groups is 2. The molecule has 0 aliphatic heterocycles. The van der Waals surface area contributed by atoms with E-state index in [2.05, 4.69) is 5.32 Å². The third-order valence-corrected chi connectivity index (χ3v) is 4.32. The number of nitrogens with one attached hydrogen (secondary N) is 1. The quantitative estimate of drug-likeness (QED) is 0.681. The largest absolute Gasteiger partial charge is 0.481 e. The second-order valence-corrected chi connectivity index (χ2v) is 5.76. The maximum absolute atomic E-state index is 12.4. The summed E-state index contributed by atoms with van der Waals surface area (Å²) in [6, 6.07) is 0. The summed E-state index contributed by atoms with van der Waals surface area (Å²) in [4.78, 5) is 23.5. The maximum Gasteiger partial charge on any atom is 0.308 e. The Morgan fingerprint density at radius 2 is 2.00 bits per heavy atom. The van der Waals surface area contributed by atoms with Gasteiger partial charge in [0, 0.05) is 20.3 Å². The predicted molar refractivity (Wildman–Crippen MR) is 76.4 cm³/mol. The van der Waals surface area contributed by atoms with Crippen LogP contribution in [0.1, 0.15) is 51.9 Å². The Kier molecular flexibility index (Phi) is 6.99. The normalized spacial score (nSPS) is 18.7. The van der Waals surface area contributed by atoms with E-state index < -0.39 is 11.9 Å². The summed E-state index contributed by atoms with van der Waals surface area (Å²) in [7, 11) is 1.64. The van der Waals surface area contributed by atoms with E-state index in [4.69, 9.17) is 9.84 Å². The lowest BCUT2D eigenvalue weighted by Gasteiger charge is -2.28. The number of ether oxygens (including phenoxy) is 1. The van der Waals surface area contributed by atoms with E-state index in [1.807, 2.05) is 6.92 Å². The highest BCUT2D eigenvalue weighted by Crippen LogP contribution is 2.41. The Hall–Kier alpha value is -1.10. The van der Waals surface area contributed by atoms with Crippen LogP contribution in [0, 0.1) is 11.3 Å². The van der Waals surface area contributed by atoms with Crippen molar-refractivity contribution in [1.29, 1.82) is 0 Å². The lowest BCUT2D eigenvalue weighted by Crippen LogP contribution is -2.43. The molecule has 0 aromatic carbocycles. The van der Waals surface area contributed by atoms with Crippen LogP contribution < -0.4 is 5.32 Å². The molecule has 2 N–H and O–H groups in total. The van der Waals surface area contributed by atoms with Crippen molar-refractivity contribution >= 4 is 11.9 Å². The monoisotopic (exact) mass is 285 g/mol. The van der Waals surface area contributed by atoms with E-state index in [9.17, 15) is 9.59 Å². The first-order valence-electron chi connectivity index (χ1n) is 7.56. The van der Waals surface area contributed by atoms with Crippen LogP contribution in [-0.2, 0) is 14.3 Å². The molecule has 1 unspecified atom stereocenters. The SMILES string of the molecule is CCCC(CNC(=O)C1(CCOC)CCCC1)C(=O)O. The summed E-state index contributed by atoms with van der Waals surface area (Å²) < 4.78 is 5.11. The third-order valence-electron chi connectivity index (χ3n) is 4.32. The average Bonchev–Trinajstić information content (AvgIpc) is 2.90. The van der Waals surface area contributed by atoms with Crippen LogP contribution in [0.3, 0.4) is 0 Å². The van der Waals surface area contributed by atoms with E-state index in [1.54, 1.807) is 7.11 Å². The molecule has 0 heterocycles. The molecule has 1 fully saturated rings. The third kappa shape index (κ3) is 4.47. The van der Waals surface area contributed by atoms with Gasteiger partial charge in [-0.05, 0) is 25.7 Å². The van der Waals surface area contributed by atoms with Crippen molar-refractivity contribution in [2.45, 2.75) is 51.9 Å². The molecule has 1 atom stereocenters. The van der Waals surface area contributed by atoms with Gasteiger partial charge in [-0.3, -0.25) is 9.59 Å². The minimum atomic E-state index is -0.829. The Labute approximate surface area is 121 Å². The molecule has 0 bridgehead atoms. The molecule has 0 aromatic heterocycles. The fraction of sp³-hybridized carbons (Fsp3) is 0.867. The highest BCUT2D eigenvalue weighted by Gasteiger charge is 2.40. The first-order valence-corrected chi connectivity index (χ1v) is 7.56. The van der Waals surface area contributed by atoms with Crippen LogP contribution in [0.25, 0.3) is 0 Å². The van der Waals surface area contributed by atoms with E-state index >= 15 is 0 Å². The highest BCUT2D eigenvalue weighted by atomic mass is 16.5. The number of aliphatic carboxylic acids is 1. The highest BCUT2D eigenvalue weighted by molar-refractivity contribution is 5.83. The molecule has 1 saturated carbocycles. The zero-order valence-corrected chi connectivity index (χ0v) is 12.6. The lowest BCUT2D eigenvalue weighted by molar-refractivity contribution is -0.142. The molecule has 5 heteroatoms. The maximum atomic E-state index is 12.4. The van der Waals surface area contributed by atoms with Crippen molar-refractivity contribution < 1.29 is 19.4 Å². The average molecular weight is 285 g/mol. The Balaban J connectivity index is 2.55. The van der Waals surface area contributed by atoms with Crippen molar-refractivity contribution in [2.24, 2.45) is 11.3 Å². The van der Waals surface area contributed by atoms with E-state index in [-0.39, 0.29) is 17.9 Å². The van der Waals surface area contributed by atoms with Gasteiger partial charge in [-0.1, -0.05) is 26.2 Å². The molecule has 0 spiro atoms. The van der Waals surface area contributed by atoms with Gasteiger partial charge in [-0.15, -0.1) is 0 Å².